The van der Waals surface area contributed by atoms with Gasteiger partial charge in [0, 0.05) is 0 Å². The summed E-state index contributed by atoms with van der Waals surface area (Å²) in [6.45, 7) is 2.25. The fourth-order valence-corrected chi connectivity index (χ4v) is 2.21. The number of anilines is 1. The highest BCUT2D eigenvalue weighted by molar-refractivity contribution is 7.99. The molecule has 92 valence electrons. The second-order valence-corrected chi connectivity index (χ2v) is 4.89. The second-order valence-electron chi connectivity index (χ2n) is 3.43. The van der Waals surface area contributed by atoms with Crippen LogP contribution in [0.2, 0.25) is 0 Å². The number of nitrogens with one attached hydrogen (secondary N) is 1. The van der Waals surface area contributed by atoms with E-state index in [-0.39, 0.29) is 11.5 Å². The summed E-state index contributed by atoms with van der Waals surface area (Å²) in [4.78, 5) is 22.0. The summed E-state index contributed by atoms with van der Waals surface area (Å²) in [5.41, 5.74) is 5.11. The van der Waals surface area contributed by atoms with Crippen molar-refractivity contribution in [3.05, 3.63) is 16.7 Å². The molecule has 0 amide bonds. The van der Waals surface area contributed by atoms with E-state index in [4.69, 9.17) is 5.73 Å². The number of aliphatic hydroxyl groups is 1. The summed E-state index contributed by atoms with van der Waals surface area (Å²) in [6.07, 6.45) is 1.48. The average molecular weight is 255 g/mol. The second kappa shape index (κ2) is 4.76. The minimum atomic E-state index is -0.575. The van der Waals surface area contributed by atoms with Crippen LogP contribution < -0.4 is 11.3 Å². The molecule has 1 unspecified atom stereocenters. The number of imidazole rings is 1. The van der Waals surface area contributed by atoms with E-state index in [1.807, 2.05) is 6.92 Å². The number of H-pyrrole nitrogens is 1. The van der Waals surface area contributed by atoms with Crippen molar-refractivity contribution in [1.29, 1.82) is 0 Å². The van der Waals surface area contributed by atoms with Crippen molar-refractivity contribution >= 4 is 28.9 Å². The molecule has 0 aromatic carbocycles. The predicted octanol–water partition coefficient (Wildman–Crippen LogP) is -0.227. The molecule has 17 heavy (non-hydrogen) atoms. The number of rotatable bonds is 4. The van der Waals surface area contributed by atoms with Gasteiger partial charge in [0.2, 0.25) is 5.95 Å². The van der Waals surface area contributed by atoms with Gasteiger partial charge in [0.05, 0.1) is 12.9 Å². The minimum absolute atomic E-state index is 0.0382. The Bertz CT molecular complexity index is 578. The van der Waals surface area contributed by atoms with Gasteiger partial charge in [-0.1, -0.05) is 6.92 Å². The van der Waals surface area contributed by atoms with Gasteiger partial charge in [0.1, 0.15) is 5.44 Å². The Balaban J connectivity index is 2.39. The topological polar surface area (TPSA) is 110 Å². The first-order valence-corrected chi connectivity index (χ1v) is 6.17. The van der Waals surface area contributed by atoms with E-state index in [1.165, 1.54) is 18.1 Å². The number of thioether (sulfide) groups is 1. The highest BCUT2D eigenvalue weighted by atomic mass is 32.2. The molecule has 2 aromatic heterocycles. The Morgan fingerprint density at radius 3 is 3.18 bits per heavy atom. The van der Waals surface area contributed by atoms with Gasteiger partial charge in [-0.15, -0.1) is 11.8 Å². The van der Waals surface area contributed by atoms with Crippen molar-refractivity contribution in [3.63, 3.8) is 0 Å². The lowest BCUT2D eigenvalue weighted by Gasteiger charge is -2.09. The summed E-state index contributed by atoms with van der Waals surface area (Å²) >= 11 is 1.40. The third-order valence-electron chi connectivity index (χ3n) is 2.21. The maximum absolute atomic E-state index is 11.7. The number of aromatic amines is 1. The van der Waals surface area contributed by atoms with E-state index in [0.717, 1.165) is 5.75 Å². The predicted molar refractivity (Wildman–Crippen MR) is 66.7 cm³/mol. The molecule has 0 aliphatic carbocycles. The molecule has 2 rings (SSSR count). The standard InChI is InChI=1S/C9H13N5O2S/c1-2-17-5(15)3-14-4-11-7-6(14)8(16)13-9(10)12-7/h4-5,15H,2-3H2,1H3,(H3,10,12,13,16). The molecule has 1 atom stereocenters. The molecule has 0 bridgehead atoms. The van der Waals surface area contributed by atoms with E-state index < -0.39 is 5.44 Å². The number of hydrogen-bond donors (Lipinski definition) is 3. The van der Waals surface area contributed by atoms with Crippen LogP contribution in [-0.4, -0.2) is 35.8 Å². The van der Waals surface area contributed by atoms with Crippen molar-refractivity contribution in [3.8, 4) is 0 Å². The smallest absolute Gasteiger partial charge is 0.278 e. The Hall–Kier alpha value is -1.54. The Morgan fingerprint density at radius 2 is 2.47 bits per heavy atom. The lowest BCUT2D eigenvalue weighted by atomic mass is 10.5. The number of nitrogens with two attached hydrogens (primary N) is 1. The Kier molecular flexibility index (Phi) is 3.34. The lowest BCUT2D eigenvalue weighted by Crippen LogP contribution is -2.18. The molecule has 0 spiro atoms. The van der Waals surface area contributed by atoms with Gasteiger partial charge in [-0.2, -0.15) is 4.98 Å². The van der Waals surface area contributed by atoms with Crippen LogP contribution in [0.1, 0.15) is 6.92 Å². The van der Waals surface area contributed by atoms with E-state index in [0.29, 0.717) is 17.7 Å². The molecular weight excluding hydrogens is 242 g/mol. The zero-order chi connectivity index (χ0) is 12.4. The zero-order valence-corrected chi connectivity index (χ0v) is 10.1. The molecule has 4 N–H and O–H groups in total. The molecule has 0 aliphatic rings. The van der Waals surface area contributed by atoms with E-state index in [1.54, 1.807) is 4.57 Å². The van der Waals surface area contributed by atoms with Gasteiger partial charge in [-0.05, 0) is 5.75 Å². The van der Waals surface area contributed by atoms with Crippen LogP contribution >= 0.6 is 11.8 Å². The molecule has 2 aromatic rings. The Morgan fingerprint density at radius 1 is 1.71 bits per heavy atom. The van der Waals surface area contributed by atoms with Crippen LogP contribution in [-0.2, 0) is 6.54 Å². The maximum atomic E-state index is 11.7. The molecule has 8 heteroatoms. The maximum Gasteiger partial charge on any atom is 0.278 e. The van der Waals surface area contributed by atoms with Crippen molar-refractivity contribution in [1.82, 2.24) is 19.5 Å². The van der Waals surface area contributed by atoms with Crippen LogP contribution in [0.15, 0.2) is 11.1 Å². The van der Waals surface area contributed by atoms with Crippen molar-refractivity contribution in [2.24, 2.45) is 0 Å². The zero-order valence-electron chi connectivity index (χ0n) is 9.25. The molecule has 0 fully saturated rings. The first-order valence-electron chi connectivity index (χ1n) is 5.12. The van der Waals surface area contributed by atoms with Gasteiger partial charge >= 0.3 is 0 Å². The fourth-order valence-electron chi connectivity index (χ4n) is 1.55. The monoisotopic (exact) mass is 255 g/mol. The molecule has 0 saturated heterocycles. The number of aromatic nitrogens is 4. The van der Waals surface area contributed by atoms with E-state index in [2.05, 4.69) is 15.0 Å². The number of hydrogen-bond acceptors (Lipinski definition) is 6. The first-order chi connectivity index (χ1) is 8.11. The summed E-state index contributed by atoms with van der Waals surface area (Å²) in [5, 5.41) is 9.68. The quantitative estimate of drug-likeness (QED) is 0.651. The summed E-state index contributed by atoms with van der Waals surface area (Å²) in [7, 11) is 0. The normalized spacial score (nSPS) is 13.1. The molecule has 0 aliphatic heterocycles. The van der Waals surface area contributed by atoms with E-state index in [9.17, 15) is 9.90 Å². The van der Waals surface area contributed by atoms with Crippen LogP contribution in [0.4, 0.5) is 5.95 Å². The number of nitrogens with zero attached hydrogens (tertiary/aromatic N) is 3. The van der Waals surface area contributed by atoms with Gasteiger partial charge in [-0.3, -0.25) is 9.78 Å². The summed E-state index contributed by atoms with van der Waals surface area (Å²) < 4.78 is 1.58. The van der Waals surface area contributed by atoms with Crippen LogP contribution in [0.25, 0.3) is 11.2 Å². The molecular formula is C9H13N5O2S. The summed E-state index contributed by atoms with van der Waals surface area (Å²) in [6, 6.07) is 0. The van der Waals surface area contributed by atoms with Crippen LogP contribution in [0, 0.1) is 0 Å². The van der Waals surface area contributed by atoms with Crippen molar-refractivity contribution in [2.45, 2.75) is 18.9 Å². The first kappa shape index (κ1) is 11.9. The Labute approximate surface area is 101 Å². The fraction of sp³-hybridized carbons (Fsp3) is 0.444. The third-order valence-corrected chi connectivity index (χ3v) is 3.08. The van der Waals surface area contributed by atoms with Gasteiger partial charge in [0.15, 0.2) is 11.2 Å². The lowest BCUT2D eigenvalue weighted by molar-refractivity contribution is 0.242. The third kappa shape index (κ3) is 2.42. The molecule has 0 saturated carbocycles. The van der Waals surface area contributed by atoms with Gasteiger partial charge in [-0.25, -0.2) is 4.98 Å². The number of fused-ring (bicyclic) bond motifs is 1. The largest absolute Gasteiger partial charge is 0.381 e. The van der Waals surface area contributed by atoms with Gasteiger partial charge < -0.3 is 15.4 Å². The van der Waals surface area contributed by atoms with Crippen LogP contribution in [0.3, 0.4) is 0 Å². The molecule has 2 heterocycles. The molecule has 0 radical (unpaired) electrons. The number of nitrogen functional groups attached to an aromatic ring is 1. The highest BCUT2D eigenvalue weighted by Crippen LogP contribution is 2.12. The number of aliphatic hydroxyl groups excluding tert-OH is 1. The van der Waals surface area contributed by atoms with Crippen LogP contribution in [0.5, 0.6) is 0 Å². The SMILES string of the molecule is CCSC(O)Cn1cnc2nc(N)[nH]c(=O)c21. The van der Waals surface area contributed by atoms with Crippen molar-refractivity contribution in [2.75, 3.05) is 11.5 Å². The molecule has 7 nitrogen and oxygen atoms in total. The van der Waals surface area contributed by atoms with Crippen molar-refractivity contribution < 1.29 is 5.11 Å². The van der Waals surface area contributed by atoms with Gasteiger partial charge in [0.25, 0.3) is 5.56 Å². The summed E-state index contributed by atoms with van der Waals surface area (Å²) in [5.74, 6) is 0.839. The minimum Gasteiger partial charge on any atom is -0.381 e. The van der Waals surface area contributed by atoms with E-state index >= 15 is 0 Å². The highest BCUT2D eigenvalue weighted by Gasteiger charge is 2.12. The average Bonchev–Trinajstić information content (AvgIpc) is 2.61.